The van der Waals surface area contributed by atoms with Gasteiger partial charge in [0.1, 0.15) is 0 Å². The number of aromatic nitrogens is 2. The number of halogens is 4. The Balaban J connectivity index is 1.95. The summed E-state index contributed by atoms with van der Waals surface area (Å²) in [6.45, 7) is 0.149. The largest absolute Gasteiger partial charge is 0.434 e. The monoisotopic (exact) mass is 385 g/mol. The topological polar surface area (TPSA) is 46.9 Å². The van der Waals surface area contributed by atoms with E-state index in [1.165, 1.54) is 35.6 Å². The number of hydrogen-bond donors (Lipinski definition) is 1. The predicted molar refractivity (Wildman–Crippen MR) is 89.1 cm³/mol. The van der Waals surface area contributed by atoms with Gasteiger partial charge in [-0.05, 0) is 29.6 Å². The van der Waals surface area contributed by atoms with Crippen molar-refractivity contribution in [1.29, 1.82) is 0 Å². The Bertz CT molecular complexity index is 890. The fraction of sp³-hybridized carbons (Fsp3) is 0.125. The lowest BCUT2D eigenvalue weighted by Crippen LogP contribution is -2.26. The number of benzene rings is 1. The van der Waals surface area contributed by atoms with Crippen LogP contribution in [0, 0.1) is 0 Å². The molecule has 0 spiro atoms. The minimum Gasteiger partial charge on any atom is -0.347 e. The number of alkyl halides is 3. The van der Waals surface area contributed by atoms with Gasteiger partial charge in [0.05, 0.1) is 24.0 Å². The van der Waals surface area contributed by atoms with E-state index in [4.69, 9.17) is 11.6 Å². The molecule has 130 valence electrons. The van der Waals surface area contributed by atoms with Gasteiger partial charge in [-0.3, -0.25) is 4.79 Å². The standard InChI is InChI=1S/C16H11ClF3N3OS/c17-10-3-1-4-11(7-10)23-14(16(18,19)20)13(9-22-23)15(24)21-8-12-5-2-6-25-12/h1-7,9H,8H2,(H,21,24). The van der Waals surface area contributed by atoms with Crippen LogP contribution in [0.15, 0.2) is 48.0 Å². The van der Waals surface area contributed by atoms with Crippen LogP contribution in [0.25, 0.3) is 5.69 Å². The van der Waals surface area contributed by atoms with Crippen molar-refractivity contribution in [3.8, 4) is 5.69 Å². The quantitative estimate of drug-likeness (QED) is 0.717. The number of carbonyl (C=O) groups excluding carboxylic acids is 1. The van der Waals surface area contributed by atoms with Crippen molar-refractivity contribution < 1.29 is 18.0 Å². The normalized spacial score (nSPS) is 11.5. The Labute approximate surface area is 149 Å². The first-order valence-electron chi connectivity index (χ1n) is 7.08. The van der Waals surface area contributed by atoms with E-state index >= 15 is 0 Å². The zero-order valence-corrected chi connectivity index (χ0v) is 14.1. The lowest BCUT2D eigenvalue weighted by atomic mass is 10.2. The van der Waals surface area contributed by atoms with Crippen molar-refractivity contribution in [2.75, 3.05) is 0 Å². The van der Waals surface area contributed by atoms with Gasteiger partial charge < -0.3 is 5.32 Å². The van der Waals surface area contributed by atoms with Crippen LogP contribution in [0.5, 0.6) is 0 Å². The summed E-state index contributed by atoms with van der Waals surface area (Å²) >= 11 is 7.24. The molecule has 1 aromatic carbocycles. The third kappa shape index (κ3) is 3.85. The Hall–Kier alpha value is -2.32. The molecule has 9 heteroatoms. The third-order valence-corrected chi connectivity index (χ3v) is 4.45. The molecule has 25 heavy (non-hydrogen) atoms. The van der Waals surface area contributed by atoms with Crippen molar-refractivity contribution in [3.63, 3.8) is 0 Å². The molecule has 0 aliphatic heterocycles. The van der Waals surface area contributed by atoms with Gasteiger partial charge in [0, 0.05) is 9.90 Å². The summed E-state index contributed by atoms with van der Waals surface area (Å²) < 4.78 is 41.3. The number of thiophene rings is 1. The van der Waals surface area contributed by atoms with Crippen molar-refractivity contribution in [1.82, 2.24) is 15.1 Å². The van der Waals surface area contributed by atoms with E-state index in [-0.39, 0.29) is 17.3 Å². The summed E-state index contributed by atoms with van der Waals surface area (Å²) in [4.78, 5) is 13.1. The van der Waals surface area contributed by atoms with Gasteiger partial charge >= 0.3 is 6.18 Å². The second kappa shape index (κ2) is 6.89. The summed E-state index contributed by atoms with van der Waals surface area (Å²) in [5.41, 5.74) is -1.56. The lowest BCUT2D eigenvalue weighted by molar-refractivity contribution is -0.143. The SMILES string of the molecule is O=C(NCc1cccs1)c1cnn(-c2cccc(Cl)c2)c1C(F)(F)F. The molecule has 0 unspecified atom stereocenters. The molecule has 3 aromatic rings. The van der Waals surface area contributed by atoms with Crippen LogP contribution in [0.4, 0.5) is 13.2 Å². The summed E-state index contributed by atoms with van der Waals surface area (Å²) in [6.07, 6.45) is -3.85. The molecule has 3 rings (SSSR count). The molecule has 0 aliphatic rings. The number of amides is 1. The number of rotatable bonds is 4. The Morgan fingerprint density at radius 2 is 2.08 bits per heavy atom. The minimum absolute atomic E-state index is 0.122. The first kappa shape index (κ1) is 17.5. The summed E-state index contributed by atoms with van der Waals surface area (Å²) in [7, 11) is 0. The summed E-state index contributed by atoms with van der Waals surface area (Å²) in [5.74, 6) is -0.839. The number of nitrogens with zero attached hydrogens (tertiary/aromatic N) is 2. The van der Waals surface area contributed by atoms with Crippen LogP contribution in [0.2, 0.25) is 5.02 Å². The van der Waals surface area contributed by atoms with E-state index in [2.05, 4.69) is 10.4 Å². The molecular formula is C16H11ClF3N3OS. The average molecular weight is 386 g/mol. The predicted octanol–water partition coefficient (Wildman–Crippen LogP) is 4.54. The van der Waals surface area contributed by atoms with Crippen LogP contribution in [0.3, 0.4) is 0 Å². The van der Waals surface area contributed by atoms with Crippen molar-refractivity contribution in [2.24, 2.45) is 0 Å². The van der Waals surface area contributed by atoms with Gasteiger partial charge in [0.2, 0.25) is 0 Å². The Morgan fingerprint density at radius 1 is 1.28 bits per heavy atom. The highest BCUT2D eigenvalue weighted by molar-refractivity contribution is 7.09. The molecule has 0 saturated carbocycles. The zero-order valence-electron chi connectivity index (χ0n) is 12.5. The number of nitrogens with one attached hydrogen (secondary N) is 1. The van der Waals surface area contributed by atoms with Gasteiger partial charge in [-0.25, -0.2) is 4.68 Å². The first-order chi connectivity index (χ1) is 11.9. The molecule has 1 amide bonds. The molecule has 0 fully saturated rings. The summed E-state index contributed by atoms with van der Waals surface area (Å²) in [6, 6.07) is 9.40. The molecular weight excluding hydrogens is 375 g/mol. The van der Waals surface area contributed by atoms with E-state index < -0.39 is 23.3 Å². The van der Waals surface area contributed by atoms with Crippen LogP contribution in [-0.2, 0) is 12.7 Å². The second-order valence-electron chi connectivity index (χ2n) is 5.06. The highest BCUT2D eigenvalue weighted by atomic mass is 35.5. The molecule has 2 heterocycles. The Morgan fingerprint density at radius 3 is 2.72 bits per heavy atom. The molecule has 0 bridgehead atoms. The highest BCUT2D eigenvalue weighted by Crippen LogP contribution is 2.34. The molecule has 0 radical (unpaired) electrons. The number of carbonyl (C=O) groups is 1. The minimum atomic E-state index is -4.76. The van der Waals surface area contributed by atoms with Crippen molar-refractivity contribution in [2.45, 2.75) is 12.7 Å². The van der Waals surface area contributed by atoms with Crippen LogP contribution in [0.1, 0.15) is 20.9 Å². The van der Waals surface area contributed by atoms with Crippen LogP contribution >= 0.6 is 22.9 Å². The zero-order chi connectivity index (χ0) is 18.0. The van der Waals surface area contributed by atoms with E-state index in [1.807, 2.05) is 5.38 Å². The van der Waals surface area contributed by atoms with Gasteiger partial charge in [0.15, 0.2) is 5.69 Å². The molecule has 2 aromatic heterocycles. The maximum Gasteiger partial charge on any atom is 0.434 e. The third-order valence-electron chi connectivity index (χ3n) is 3.34. The molecule has 0 aliphatic carbocycles. The van der Waals surface area contributed by atoms with Gasteiger partial charge in [-0.1, -0.05) is 23.7 Å². The van der Waals surface area contributed by atoms with E-state index in [0.717, 1.165) is 11.1 Å². The van der Waals surface area contributed by atoms with Crippen molar-refractivity contribution in [3.05, 3.63) is 69.1 Å². The summed E-state index contributed by atoms with van der Waals surface area (Å²) in [5, 5.41) is 8.31. The molecule has 0 saturated heterocycles. The fourth-order valence-electron chi connectivity index (χ4n) is 2.27. The number of hydrogen-bond acceptors (Lipinski definition) is 3. The smallest absolute Gasteiger partial charge is 0.347 e. The Kier molecular flexibility index (Phi) is 4.82. The lowest BCUT2D eigenvalue weighted by Gasteiger charge is -2.13. The van der Waals surface area contributed by atoms with Crippen LogP contribution in [-0.4, -0.2) is 15.7 Å². The van der Waals surface area contributed by atoms with E-state index in [9.17, 15) is 18.0 Å². The van der Waals surface area contributed by atoms with Gasteiger partial charge in [-0.2, -0.15) is 18.3 Å². The van der Waals surface area contributed by atoms with Gasteiger partial charge in [-0.15, -0.1) is 11.3 Å². The molecule has 4 nitrogen and oxygen atoms in total. The highest BCUT2D eigenvalue weighted by Gasteiger charge is 2.40. The molecule has 1 N–H and O–H groups in total. The van der Waals surface area contributed by atoms with E-state index in [0.29, 0.717) is 4.68 Å². The fourth-order valence-corrected chi connectivity index (χ4v) is 3.10. The van der Waals surface area contributed by atoms with Gasteiger partial charge in [0.25, 0.3) is 5.91 Å². The maximum atomic E-state index is 13.5. The maximum absolute atomic E-state index is 13.5. The second-order valence-corrected chi connectivity index (χ2v) is 6.53. The molecule has 0 atom stereocenters. The average Bonchev–Trinajstić information content (AvgIpc) is 3.21. The van der Waals surface area contributed by atoms with Crippen LogP contribution < -0.4 is 5.32 Å². The van der Waals surface area contributed by atoms with E-state index in [1.54, 1.807) is 12.1 Å². The first-order valence-corrected chi connectivity index (χ1v) is 8.34. The van der Waals surface area contributed by atoms with Crippen molar-refractivity contribution >= 4 is 28.8 Å².